The monoisotopic (exact) mass is 379 g/mol. The van der Waals surface area contributed by atoms with Gasteiger partial charge in [0.1, 0.15) is 12.4 Å². The van der Waals surface area contributed by atoms with Gasteiger partial charge in [-0.25, -0.2) is 0 Å². The van der Waals surface area contributed by atoms with Crippen LogP contribution in [0.4, 0.5) is 5.95 Å². The van der Waals surface area contributed by atoms with E-state index in [0.29, 0.717) is 19.1 Å². The molecule has 0 spiro atoms. The Bertz CT molecular complexity index is 744. The highest BCUT2D eigenvalue weighted by Gasteiger charge is 2.07. The summed E-state index contributed by atoms with van der Waals surface area (Å²) in [5, 5.41) is 17.0. The molecule has 0 amide bonds. The van der Waals surface area contributed by atoms with Crippen LogP contribution in [-0.2, 0) is 20.2 Å². The molecule has 22 heavy (non-hydrogen) atoms. The van der Waals surface area contributed by atoms with Gasteiger partial charge in [0.05, 0.1) is 7.05 Å². The normalized spacial score (nSPS) is 10.6. The molecular formula is C14H14BrN5OS. The smallest absolute Gasteiger partial charge is 0.263 e. The van der Waals surface area contributed by atoms with Crippen LogP contribution in [0.1, 0.15) is 10.4 Å². The fourth-order valence-electron chi connectivity index (χ4n) is 1.90. The lowest BCUT2D eigenvalue weighted by Crippen LogP contribution is -2.05. The Morgan fingerprint density at radius 3 is 3.00 bits per heavy atom. The molecule has 0 unspecified atom stereocenters. The van der Waals surface area contributed by atoms with Crippen LogP contribution < -0.4 is 10.1 Å². The van der Waals surface area contributed by atoms with Gasteiger partial charge >= 0.3 is 0 Å². The summed E-state index contributed by atoms with van der Waals surface area (Å²) >= 11 is 5.17. The largest absolute Gasteiger partial charge is 0.488 e. The first-order valence-electron chi connectivity index (χ1n) is 6.62. The van der Waals surface area contributed by atoms with Gasteiger partial charge in [0, 0.05) is 21.5 Å². The summed E-state index contributed by atoms with van der Waals surface area (Å²) in [6, 6.07) is 10.0. The average Bonchev–Trinajstić information content (AvgIpc) is 3.15. The maximum atomic E-state index is 5.92. The Balaban J connectivity index is 1.69. The van der Waals surface area contributed by atoms with Crippen LogP contribution in [0.2, 0.25) is 0 Å². The topological polar surface area (TPSA) is 64.9 Å². The molecule has 114 valence electrons. The Kier molecular flexibility index (Phi) is 4.69. The fraction of sp³-hybridized carbons (Fsp3) is 0.214. The van der Waals surface area contributed by atoms with Gasteiger partial charge in [-0.3, -0.25) is 0 Å². The SMILES string of the molecule is Cn1nnc(NCc2cc(Br)ccc2OCc2cccs2)n1. The quantitative estimate of drug-likeness (QED) is 0.712. The molecule has 0 bridgehead atoms. The van der Waals surface area contributed by atoms with Gasteiger partial charge in [-0.2, -0.15) is 4.80 Å². The second-order valence-electron chi connectivity index (χ2n) is 4.58. The number of benzene rings is 1. The second-order valence-corrected chi connectivity index (χ2v) is 6.52. The van der Waals surface area contributed by atoms with Gasteiger partial charge in [-0.15, -0.1) is 16.4 Å². The van der Waals surface area contributed by atoms with Crippen LogP contribution in [0.5, 0.6) is 5.75 Å². The molecule has 3 aromatic rings. The van der Waals surface area contributed by atoms with Crippen molar-refractivity contribution < 1.29 is 4.74 Å². The molecule has 0 saturated carbocycles. The van der Waals surface area contributed by atoms with Crippen LogP contribution in [0.3, 0.4) is 0 Å². The lowest BCUT2D eigenvalue weighted by molar-refractivity contribution is 0.307. The van der Waals surface area contributed by atoms with E-state index in [9.17, 15) is 0 Å². The lowest BCUT2D eigenvalue weighted by atomic mass is 10.2. The Labute approximate surface area is 140 Å². The summed E-state index contributed by atoms with van der Waals surface area (Å²) in [7, 11) is 1.73. The summed E-state index contributed by atoms with van der Waals surface area (Å²) in [6.07, 6.45) is 0. The number of tetrazole rings is 1. The number of halogens is 1. The minimum Gasteiger partial charge on any atom is -0.488 e. The number of aryl methyl sites for hydroxylation is 1. The van der Waals surface area contributed by atoms with E-state index in [1.807, 2.05) is 29.6 Å². The number of hydrogen-bond donors (Lipinski definition) is 1. The molecule has 1 aromatic carbocycles. The van der Waals surface area contributed by atoms with Crippen molar-refractivity contribution in [1.82, 2.24) is 20.2 Å². The molecule has 0 radical (unpaired) electrons. The van der Waals surface area contributed by atoms with Crippen molar-refractivity contribution in [2.24, 2.45) is 7.05 Å². The van der Waals surface area contributed by atoms with Gasteiger partial charge in [0.2, 0.25) is 0 Å². The first kappa shape index (κ1) is 15.0. The third-order valence-electron chi connectivity index (χ3n) is 2.92. The van der Waals surface area contributed by atoms with E-state index in [4.69, 9.17) is 4.74 Å². The molecule has 0 aliphatic rings. The molecule has 0 aliphatic carbocycles. The van der Waals surface area contributed by atoms with Crippen molar-refractivity contribution in [3.8, 4) is 5.75 Å². The van der Waals surface area contributed by atoms with Crippen molar-refractivity contribution in [2.75, 3.05) is 5.32 Å². The van der Waals surface area contributed by atoms with Crippen LogP contribution in [0.15, 0.2) is 40.2 Å². The highest BCUT2D eigenvalue weighted by Crippen LogP contribution is 2.25. The Hall–Kier alpha value is -1.93. The predicted octanol–water partition coefficient (Wildman–Crippen LogP) is 3.23. The summed E-state index contributed by atoms with van der Waals surface area (Å²) < 4.78 is 6.92. The molecule has 0 saturated heterocycles. The van der Waals surface area contributed by atoms with Crippen LogP contribution in [-0.4, -0.2) is 20.2 Å². The molecule has 3 rings (SSSR count). The zero-order valence-electron chi connectivity index (χ0n) is 11.9. The first-order valence-corrected chi connectivity index (χ1v) is 8.29. The molecule has 2 aromatic heterocycles. The predicted molar refractivity (Wildman–Crippen MR) is 88.9 cm³/mol. The molecule has 0 fully saturated rings. The highest BCUT2D eigenvalue weighted by atomic mass is 79.9. The van der Waals surface area contributed by atoms with Crippen molar-refractivity contribution in [2.45, 2.75) is 13.2 Å². The van der Waals surface area contributed by atoms with E-state index in [-0.39, 0.29) is 0 Å². The van der Waals surface area contributed by atoms with Crippen molar-refractivity contribution in [1.29, 1.82) is 0 Å². The maximum absolute atomic E-state index is 5.92. The summed E-state index contributed by atoms with van der Waals surface area (Å²) in [5.41, 5.74) is 1.03. The Morgan fingerprint density at radius 1 is 1.36 bits per heavy atom. The molecule has 0 aliphatic heterocycles. The van der Waals surface area contributed by atoms with E-state index >= 15 is 0 Å². The van der Waals surface area contributed by atoms with Crippen LogP contribution >= 0.6 is 27.3 Å². The number of nitrogens with zero attached hydrogens (tertiary/aromatic N) is 4. The third kappa shape index (κ3) is 3.83. The molecule has 6 nitrogen and oxygen atoms in total. The number of anilines is 1. The van der Waals surface area contributed by atoms with Crippen molar-refractivity contribution >= 4 is 33.2 Å². The lowest BCUT2D eigenvalue weighted by Gasteiger charge is -2.11. The van der Waals surface area contributed by atoms with E-state index in [1.54, 1.807) is 18.4 Å². The number of ether oxygens (including phenoxy) is 1. The summed E-state index contributed by atoms with van der Waals surface area (Å²) in [6.45, 7) is 1.13. The average molecular weight is 380 g/mol. The number of nitrogens with one attached hydrogen (secondary N) is 1. The molecule has 8 heteroatoms. The van der Waals surface area contributed by atoms with Gasteiger partial charge in [0.15, 0.2) is 0 Å². The zero-order chi connectivity index (χ0) is 15.4. The number of thiophene rings is 1. The maximum Gasteiger partial charge on any atom is 0.263 e. The molecular weight excluding hydrogens is 366 g/mol. The number of hydrogen-bond acceptors (Lipinski definition) is 6. The summed E-state index contributed by atoms with van der Waals surface area (Å²) in [5.74, 6) is 1.33. The minimum atomic E-state index is 0.492. The van der Waals surface area contributed by atoms with Crippen LogP contribution in [0.25, 0.3) is 0 Å². The van der Waals surface area contributed by atoms with Crippen molar-refractivity contribution in [3.05, 3.63) is 50.6 Å². The number of rotatable bonds is 6. The van der Waals surface area contributed by atoms with Gasteiger partial charge in [-0.05, 0) is 34.9 Å². The van der Waals surface area contributed by atoms with Crippen LogP contribution in [0, 0.1) is 0 Å². The Morgan fingerprint density at radius 2 is 2.27 bits per heavy atom. The number of aromatic nitrogens is 4. The molecule has 2 heterocycles. The molecule has 0 atom stereocenters. The van der Waals surface area contributed by atoms with E-state index < -0.39 is 0 Å². The van der Waals surface area contributed by atoms with Gasteiger partial charge in [-0.1, -0.05) is 27.1 Å². The summed E-state index contributed by atoms with van der Waals surface area (Å²) in [4.78, 5) is 2.61. The highest BCUT2D eigenvalue weighted by molar-refractivity contribution is 9.10. The van der Waals surface area contributed by atoms with E-state index in [2.05, 4.69) is 42.7 Å². The standard InChI is InChI=1S/C14H14BrN5OS/c1-20-18-14(17-19-20)16-8-10-7-11(15)4-5-13(10)21-9-12-3-2-6-22-12/h2-7H,8-9H2,1H3,(H,16,18). The van der Waals surface area contributed by atoms with Gasteiger partial charge in [0.25, 0.3) is 5.95 Å². The van der Waals surface area contributed by atoms with E-state index in [0.717, 1.165) is 15.8 Å². The minimum absolute atomic E-state index is 0.492. The van der Waals surface area contributed by atoms with Gasteiger partial charge < -0.3 is 10.1 Å². The third-order valence-corrected chi connectivity index (χ3v) is 4.26. The van der Waals surface area contributed by atoms with E-state index in [1.165, 1.54) is 9.67 Å². The first-order chi connectivity index (χ1) is 10.7. The van der Waals surface area contributed by atoms with Crippen molar-refractivity contribution in [3.63, 3.8) is 0 Å². The second kappa shape index (κ2) is 6.89. The molecule has 1 N–H and O–H groups in total. The fourth-order valence-corrected chi connectivity index (χ4v) is 2.92. The zero-order valence-corrected chi connectivity index (χ0v) is 14.3.